The number of carbonyl (C=O) groups is 1. The van der Waals surface area contributed by atoms with Crippen LogP contribution in [0.15, 0.2) is 78.2 Å². The minimum absolute atomic E-state index is 0.121. The maximum absolute atomic E-state index is 12.3. The molecule has 7 nitrogen and oxygen atoms in total. The average Bonchev–Trinajstić information content (AvgIpc) is 2.84. The van der Waals surface area contributed by atoms with E-state index in [1.54, 1.807) is 12.1 Å². The topological polar surface area (TPSA) is 95.0 Å². The molecule has 0 fully saturated rings. The molecule has 0 aliphatic rings. The molecule has 0 aromatic heterocycles. The molecule has 0 aliphatic carbocycles. The number of anilines is 1. The van der Waals surface area contributed by atoms with Crippen LogP contribution in [0.3, 0.4) is 0 Å². The molecule has 2 rings (SSSR count). The van der Waals surface area contributed by atoms with Crippen molar-refractivity contribution in [1.29, 1.82) is 0 Å². The fourth-order valence-electron chi connectivity index (χ4n) is 3.18. The highest BCUT2D eigenvalue weighted by molar-refractivity contribution is 6.09. The summed E-state index contributed by atoms with van der Waals surface area (Å²) in [4.78, 5) is 12.3. The number of aliphatic hydroxyl groups excluding tert-OH is 1. The van der Waals surface area contributed by atoms with Crippen LogP contribution in [0.1, 0.15) is 55.1 Å². The molecular formula is C28H38N4O3. The lowest BCUT2D eigenvalue weighted by Gasteiger charge is -2.10. The normalized spacial score (nSPS) is 11.5. The Morgan fingerprint density at radius 1 is 1.14 bits per heavy atom. The van der Waals surface area contributed by atoms with Crippen LogP contribution >= 0.6 is 0 Å². The largest absolute Gasteiger partial charge is 0.480 e. The van der Waals surface area contributed by atoms with Gasteiger partial charge < -0.3 is 25.9 Å². The van der Waals surface area contributed by atoms with Crippen LogP contribution in [0.25, 0.3) is 0 Å². The lowest BCUT2D eigenvalue weighted by Crippen LogP contribution is -2.24. The van der Waals surface area contributed by atoms with E-state index in [1.807, 2.05) is 51.1 Å². The van der Waals surface area contributed by atoms with Crippen molar-refractivity contribution in [3.8, 4) is 0 Å². The number of rotatable bonds is 15. The maximum Gasteiger partial charge on any atom is 0.251 e. The van der Waals surface area contributed by atoms with Gasteiger partial charge in [0.15, 0.2) is 5.88 Å². The van der Waals surface area contributed by atoms with Crippen molar-refractivity contribution < 1.29 is 14.6 Å². The Labute approximate surface area is 209 Å². The third-order valence-electron chi connectivity index (χ3n) is 4.92. The highest BCUT2D eigenvalue weighted by Crippen LogP contribution is 2.14. The Balaban J connectivity index is 2.07. The fraction of sp³-hybridized carbons (Fsp3) is 0.357. The molecule has 4 N–H and O–H groups in total. The molecule has 0 saturated heterocycles. The molecular weight excluding hydrogens is 440 g/mol. The van der Waals surface area contributed by atoms with Crippen LogP contribution in [0.2, 0.25) is 0 Å². The van der Waals surface area contributed by atoms with Crippen molar-refractivity contribution in [2.24, 2.45) is 5.10 Å². The minimum Gasteiger partial charge on any atom is -0.480 e. The lowest BCUT2D eigenvalue weighted by molar-refractivity contribution is 0.0952. The zero-order valence-corrected chi connectivity index (χ0v) is 21.0. The van der Waals surface area contributed by atoms with Gasteiger partial charge in [-0.1, -0.05) is 30.3 Å². The van der Waals surface area contributed by atoms with E-state index < -0.39 is 0 Å². The van der Waals surface area contributed by atoms with E-state index in [-0.39, 0.29) is 18.6 Å². The van der Waals surface area contributed by atoms with E-state index in [0.717, 1.165) is 35.4 Å². The van der Waals surface area contributed by atoms with Gasteiger partial charge in [0.1, 0.15) is 0 Å². The molecule has 0 saturated carbocycles. The van der Waals surface area contributed by atoms with Crippen molar-refractivity contribution >= 4 is 17.3 Å². The third-order valence-corrected chi connectivity index (χ3v) is 4.92. The zero-order valence-electron chi connectivity index (χ0n) is 21.0. The predicted molar refractivity (Wildman–Crippen MR) is 144 cm³/mol. The van der Waals surface area contributed by atoms with E-state index >= 15 is 0 Å². The number of amides is 1. The molecule has 0 atom stereocenters. The smallest absolute Gasteiger partial charge is 0.251 e. The number of nitrogens with zero attached hydrogens (tertiary/aromatic N) is 1. The van der Waals surface area contributed by atoms with Crippen molar-refractivity contribution in [3.05, 3.63) is 89.8 Å². The minimum atomic E-state index is -0.121. The Morgan fingerprint density at radius 2 is 1.89 bits per heavy atom. The van der Waals surface area contributed by atoms with Gasteiger partial charge in [0.25, 0.3) is 5.91 Å². The van der Waals surface area contributed by atoms with Crippen molar-refractivity contribution in [2.75, 3.05) is 25.1 Å². The second kappa shape index (κ2) is 15.3. The monoisotopic (exact) mass is 478 g/mol. The summed E-state index contributed by atoms with van der Waals surface area (Å²) < 4.78 is 5.37. The molecule has 0 unspecified atom stereocenters. The molecule has 0 aliphatic heterocycles. The number of benzene rings is 2. The average molecular weight is 479 g/mol. The Morgan fingerprint density at radius 3 is 2.57 bits per heavy atom. The third kappa shape index (κ3) is 10.5. The number of hydrogen-bond acceptors (Lipinski definition) is 6. The predicted octanol–water partition coefficient (Wildman–Crippen LogP) is 4.61. The summed E-state index contributed by atoms with van der Waals surface area (Å²) in [5.74, 6) is 0.404. The Hall–Kier alpha value is -3.58. The zero-order chi connectivity index (χ0) is 25.5. The number of ether oxygens (including phenoxy) is 1. The maximum atomic E-state index is 12.3. The Kier molecular flexibility index (Phi) is 12.1. The van der Waals surface area contributed by atoms with E-state index in [9.17, 15) is 4.79 Å². The van der Waals surface area contributed by atoms with Crippen LogP contribution in [0, 0.1) is 0 Å². The molecule has 0 radical (unpaired) electrons. The summed E-state index contributed by atoms with van der Waals surface area (Å²) in [5, 5.41) is 19.4. The van der Waals surface area contributed by atoms with E-state index in [2.05, 4.69) is 45.9 Å². The Bertz CT molecular complexity index is 998. The SMILES string of the molecule is C=C(Nc1cccc(C/C=C\C(=N/NC(C)C)c2ccc(C(=O)NCCCCO)cc2)c1)OCC. The number of hydrogen-bond donors (Lipinski definition) is 4. The number of nitrogens with one attached hydrogen (secondary N) is 3. The van der Waals surface area contributed by atoms with E-state index in [4.69, 9.17) is 9.84 Å². The quantitative estimate of drug-likeness (QED) is 0.130. The van der Waals surface area contributed by atoms with Gasteiger partial charge in [0.2, 0.25) is 0 Å². The molecule has 0 spiro atoms. The molecule has 0 heterocycles. The van der Waals surface area contributed by atoms with E-state index in [1.165, 1.54) is 0 Å². The number of carbonyl (C=O) groups excluding carboxylic acids is 1. The van der Waals surface area contributed by atoms with Gasteiger partial charge in [-0.15, -0.1) is 0 Å². The highest BCUT2D eigenvalue weighted by atomic mass is 16.5. The first kappa shape index (κ1) is 27.7. The summed E-state index contributed by atoms with van der Waals surface area (Å²) in [6.07, 6.45) is 6.21. The molecule has 35 heavy (non-hydrogen) atoms. The summed E-state index contributed by atoms with van der Waals surface area (Å²) >= 11 is 0. The second-order valence-corrected chi connectivity index (χ2v) is 8.33. The van der Waals surface area contributed by atoms with Crippen LogP contribution < -0.4 is 16.1 Å². The fourth-order valence-corrected chi connectivity index (χ4v) is 3.18. The van der Waals surface area contributed by atoms with Gasteiger partial charge in [0, 0.05) is 36.0 Å². The van der Waals surface area contributed by atoms with Crippen LogP contribution in [0.5, 0.6) is 0 Å². The van der Waals surface area contributed by atoms with Crippen LogP contribution in [0.4, 0.5) is 5.69 Å². The van der Waals surface area contributed by atoms with E-state index in [0.29, 0.717) is 31.0 Å². The first-order valence-corrected chi connectivity index (χ1v) is 12.1. The first-order chi connectivity index (χ1) is 16.9. The molecule has 7 heteroatoms. The summed E-state index contributed by atoms with van der Waals surface area (Å²) in [5.41, 5.74) is 7.47. The van der Waals surface area contributed by atoms with Crippen molar-refractivity contribution in [1.82, 2.24) is 10.7 Å². The van der Waals surface area contributed by atoms with Gasteiger partial charge in [-0.3, -0.25) is 4.79 Å². The summed E-state index contributed by atoms with van der Waals surface area (Å²) in [7, 11) is 0. The summed E-state index contributed by atoms with van der Waals surface area (Å²) in [6, 6.07) is 15.7. The second-order valence-electron chi connectivity index (χ2n) is 8.33. The van der Waals surface area contributed by atoms with Crippen molar-refractivity contribution in [3.63, 3.8) is 0 Å². The molecule has 188 valence electrons. The molecule has 2 aromatic carbocycles. The van der Waals surface area contributed by atoms with Gasteiger partial charge in [-0.05, 0) is 82.5 Å². The molecule has 0 bridgehead atoms. The van der Waals surface area contributed by atoms with Crippen LogP contribution in [-0.4, -0.2) is 42.5 Å². The van der Waals surface area contributed by atoms with Gasteiger partial charge in [-0.25, -0.2) is 0 Å². The van der Waals surface area contributed by atoms with Gasteiger partial charge >= 0.3 is 0 Å². The highest BCUT2D eigenvalue weighted by Gasteiger charge is 2.07. The molecule has 2 aromatic rings. The standard InChI is InChI=1S/C28H38N4O3/c1-5-35-22(4)30-26-12-8-10-23(20-26)11-9-13-27(32-31-21(2)3)24-14-16-25(17-15-24)28(34)29-18-6-7-19-33/h8-10,12-17,20-21,30-31,33H,4-7,11,18-19H2,1-3H3,(H,29,34)/b13-9-,32-27+. The van der Waals surface area contributed by atoms with Crippen LogP contribution in [-0.2, 0) is 11.2 Å². The lowest BCUT2D eigenvalue weighted by atomic mass is 10.1. The number of allylic oxidation sites excluding steroid dienone is 2. The number of aliphatic hydroxyl groups is 1. The molecule has 1 amide bonds. The first-order valence-electron chi connectivity index (χ1n) is 12.1. The number of hydrazone groups is 1. The number of unbranched alkanes of at least 4 members (excludes halogenated alkanes) is 1. The van der Waals surface area contributed by atoms with Gasteiger partial charge in [0.05, 0.1) is 12.3 Å². The van der Waals surface area contributed by atoms with Crippen molar-refractivity contribution in [2.45, 2.75) is 46.1 Å². The summed E-state index contributed by atoms with van der Waals surface area (Å²) in [6.45, 7) is 11.1. The van der Waals surface area contributed by atoms with Gasteiger partial charge in [-0.2, -0.15) is 5.10 Å².